The molecule has 1 aromatic carbocycles. The van der Waals surface area contributed by atoms with Gasteiger partial charge in [0.25, 0.3) is 0 Å². The van der Waals surface area contributed by atoms with E-state index < -0.39 is 0 Å². The zero-order valence-corrected chi connectivity index (χ0v) is 16.1. The molecular weight excluding hydrogens is 359 g/mol. The number of nitrogens with zero attached hydrogens (tertiary/aromatic N) is 3. The summed E-state index contributed by atoms with van der Waals surface area (Å²) < 4.78 is 14.1. The molecule has 0 aliphatic heterocycles. The summed E-state index contributed by atoms with van der Waals surface area (Å²) in [5.41, 5.74) is 0.790. The van der Waals surface area contributed by atoms with Crippen LogP contribution in [0.25, 0.3) is 0 Å². The second-order valence-corrected chi connectivity index (χ2v) is 7.68. The number of aromatic nitrogens is 2. The fourth-order valence-electron chi connectivity index (χ4n) is 2.16. The lowest BCUT2D eigenvalue weighted by Gasteiger charge is -2.20. The maximum atomic E-state index is 13.3. The molecule has 0 saturated heterocycles. The summed E-state index contributed by atoms with van der Waals surface area (Å²) in [6.45, 7) is 5.93. The van der Waals surface area contributed by atoms with Crippen LogP contribution >= 0.6 is 23.1 Å². The number of anilines is 1. The van der Waals surface area contributed by atoms with Crippen LogP contribution in [0.3, 0.4) is 0 Å². The maximum Gasteiger partial charge on any atom is 0.233 e. The predicted molar refractivity (Wildman–Crippen MR) is 102 cm³/mol. The van der Waals surface area contributed by atoms with Crippen molar-refractivity contribution < 1.29 is 9.18 Å². The van der Waals surface area contributed by atoms with Crippen molar-refractivity contribution in [1.29, 1.82) is 0 Å². The van der Waals surface area contributed by atoms with Crippen LogP contribution in [0.5, 0.6) is 0 Å². The molecule has 0 fully saturated rings. The van der Waals surface area contributed by atoms with E-state index in [4.69, 9.17) is 0 Å². The number of rotatable bonds is 10. The van der Waals surface area contributed by atoms with Gasteiger partial charge in [0.1, 0.15) is 5.82 Å². The first-order valence-electron chi connectivity index (χ1n) is 8.34. The van der Waals surface area contributed by atoms with Gasteiger partial charge in [-0.2, -0.15) is 0 Å². The molecule has 2 rings (SSSR count). The Balaban J connectivity index is 1.83. The number of amides is 1. The second-order valence-electron chi connectivity index (χ2n) is 5.48. The number of nitrogens with one attached hydrogen (secondary N) is 1. The molecule has 25 heavy (non-hydrogen) atoms. The minimum absolute atomic E-state index is 0.00690. The van der Waals surface area contributed by atoms with Crippen LogP contribution in [0.4, 0.5) is 9.52 Å². The molecule has 136 valence electrons. The molecule has 1 aromatic heterocycles. The van der Waals surface area contributed by atoms with E-state index in [-0.39, 0.29) is 11.7 Å². The van der Waals surface area contributed by atoms with Crippen molar-refractivity contribution in [3.63, 3.8) is 0 Å². The molecule has 0 unspecified atom stereocenters. The van der Waals surface area contributed by atoms with Crippen LogP contribution in [0.15, 0.2) is 28.6 Å². The molecule has 0 aliphatic rings. The van der Waals surface area contributed by atoms with Crippen LogP contribution in [-0.4, -0.2) is 39.8 Å². The smallest absolute Gasteiger partial charge is 0.233 e. The highest BCUT2D eigenvalue weighted by Crippen LogP contribution is 2.25. The highest BCUT2D eigenvalue weighted by molar-refractivity contribution is 8.01. The number of unbranched alkanes of at least 4 members (excludes halogenated alkanes) is 1. The van der Waals surface area contributed by atoms with E-state index in [1.807, 2.05) is 13.0 Å². The predicted octanol–water partition coefficient (Wildman–Crippen LogP) is 4.03. The van der Waals surface area contributed by atoms with Gasteiger partial charge in [-0.05, 0) is 31.0 Å². The van der Waals surface area contributed by atoms with Gasteiger partial charge in [0.05, 0.1) is 5.75 Å². The van der Waals surface area contributed by atoms with Gasteiger partial charge in [0.2, 0.25) is 11.0 Å². The van der Waals surface area contributed by atoms with Gasteiger partial charge >= 0.3 is 0 Å². The number of halogens is 1. The Kier molecular flexibility index (Phi) is 8.14. The third kappa shape index (κ3) is 6.62. The molecule has 5 nitrogen and oxygen atoms in total. The minimum atomic E-state index is -0.285. The van der Waals surface area contributed by atoms with Crippen molar-refractivity contribution in [2.24, 2.45) is 0 Å². The normalized spacial score (nSPS) is 10.7. The summed E-state index contributed by atoms with van der Waals surface area (Å²) in [6, 6.07) is 6.35. The van der Waals surface area contributed by atoms with Gasteiger partial charge in [-0.15, -0.1) is 10.2 Å². The second kappa shape index (κ2) is 10.4. The standard InChI is InChI=1S/C17H23FN4OS2/c1-3-5-9-19-16-20-21-17(25-16)24-12-15(23)22(4-2)11-13-7-6-8-14(18)10-13/h6-8,10H,3-5,9,11-12H2,1-2H3,(H,19,20). The largest absolute Gasteiger partial charge is 0.360 e. The highest BCUT2D eigenvalue weighted by atomic mass is 32.2. The number of benzene rings is 1. The minimum Gasteiger partial charge on any atom is -0.360 e. The number of thioether (sulfide) groups is 1. The van der Waals surface area contributed by atoms with Gasteiger partial charge in [-0.25, -0.2) is 4.39 Å². The summed E-state index contributed by atoms with van der Waals surface area (Å²) in [7, 11) is 0. The molecule has 0 spiro atoms. The summed E-state index contributed by atoms with van der Waals surface area (Å²) in [4.78, 5) is 14.1. The lowest BCUT2D eigenvalue weighted by atomic mass is 10.2. The van der Waals surface area contributed by atoms with E-state index in [2.05, 4.69) is 22.4 Å². The molecule has 8 heteroatoms. The van der Waals surface area contributed by atoms with E-state index in [9.17, 15) is 9.18 Å². The molecule has 1 heterocycles. The van der Waals surface area contributed by atoms with E-state index in [1.165, 1.54) is 35.2 Å². The Labute approximate surface area is 156 Å². The Morgan fingerprint density at radius 1 is 1.36 bits per heavy atom. The summed E-state index contributed by atoms with van der Waals surface area (Å²) >= 11 is 2.85. The monoisotopic (exact) mass is 382 g/mol. The number of hydrogen-bond acceptors (Lipinski definition) is 6. The zero-order valence-electron chi connectivity index (χ0n) is 14.5. The van der Waals surface area contributed by atoms with E-state index in [1.54, 1.807) is 11.0 Å². The average Bonchev–Trinajstić information content (AvgIpc) is 3.06. The molecule has 1 amide bonds. The van der Waals surface area contributed by atoms with Gasteiger partial charge in [0, 0.05) is 19.6 Å². The van der Waals surface area contributed by atoms with Gasteiger partial charge in [-0.1, -0.05) is 48.6 Å². The fourth-order valence-corrected chi connectivity index (χ4v) is 3.84. The van der Waals surface area contributed by atoms with E-state index >= 15 is 0 Å². The van der Waals surface area contributed by atoms with Gasteiger partial charge < -0.3 is 10.2 Å². The third-order valence-electron chi connectivity index (χ3n) is 3.53. The molecule has 0 radical (unpaired) electrons. The molecule has 2 aromatic rings. The average molecular weight is 383 g/mol. The topological polar surface area (TPSA) is 58.1 Å². The van der Waals surface area contributed by atoms with Crippen molar-refractivity contribution in [3.8, 4) is 0 Å². The van der Waals surface area contributed by atoms with Crippen molar-refractivity contribution in [3.05, 3.63) is 35.6 Å². The number of hydrogen-bond donors (Lipinski definition) is 1. The lowest BCUT2D eigenvalue weighted by molar-refractivity contribution is -0.128. The van der Waals surface area contributed by atoms with Crippen molar-refractivity contribution in [2.45, 2.75) is 37.6 Å². The lowest BCUT2D eigenvalue weighted by Crippen LogP contribution is -2.31. The van der Waals surface area contributed by atoms with E-state index in [0.717, 1.165) is 34.4 Å². The van der Waals surface area contributed by atoms with Crippen molar-refractivity contribution in [1.82, 2.24) is 15.1 Å². The summed E-state index contributed by atoms with van der Waals surface area (Å²) in [5, 5.41) is 12.2. The van der Waals surface area contributed by atoms with Crippen LogP contribution in [-0.2, 0) is 11.3 Å². The molecule has 0 aliphatic carbocycles. The van der Waals surface area contributed by atoms with Crippen molar-refractivity contribution >= 4 is 34.1 Å². The zero-order chi connectivity index (χ0) is 18.1. The summed E-state index contributed by atoms with van der Waals surface area (Å²) in [5.74, 6) is 0.0204. The first kappa shape index (κ1) is 19.7. The maximum absolute atomic E-state index is 13.3. The molecule has 0 bridgehead atoms. The first-order chi connectivity index (χ1) is 12.1. The molecule has 0 atom stereocenters. The third-order valence-corrected chi connectivity index (χ3v) is 5.53. The molecular formula is C17H23FN4OS2. The first-order valence-corrected chi connectivity index (χ1v) is 10.1. The fraction of sp³-hybridized carbons (Fsp3) is 0.471. The number of carbonyl (C=O) groups excluding carboxylic acids is 1. The van der Waals surface area contributed by atoms with Gasteiger partial charge in [0.15, 0.2) is 4.34 Å². The molecule has 0 saturated carbocycles. The highest BCUT2D eigenvalue weighted by Gasteiger charge is 2.14. The summed E-state index contributed by atoms with van der Waals surface area (Å²) in [6.07, 6.45) is 2.21. The molecule has 1 N–H and O–H groups in total. The van der Waals surface area contributed by atoms with Crippen molar-refractivity contribution in [2.75, 3.05) is 24.2 Å². The Morgan fingerprint density at radius 2 is 2.20 bits per heavy atom. The SMILES string of the molecule is CCCCNc1nnc(SCC(=O)N(CC)Cc2cccc(F)c2)s1. The van der Waals surface area contributed by atoms with Crippen LogP contribution < -0.4 is 5.32 Å². The van der Waals surface area contributed by atoms with Crippen LogP contribution in [0, 0.1) is 5.82 Å². The van der Waals surface area contributed by atoms with Gasteiger partial charge in [-0.3, -0.25) is 4.79 Å². The van der Waals surface area contributed by atoms with E-state index in [0.29, 0.717) is 18.8 Å². The Hall–Kier alpha value is -1.67. The quantitative estimate of drug-likeness (QED) is 0.497. The van der Waals surface area contributed by atoms with Crippen LogP contribution in [0.1, 0.15) is 32.3 Å². The Bertz CT molecular complexity index is 680. The Morgan fingerprint density at radius 3 is 2.92 bits per heavy atom. The number of carbonyl (C=O) groups is 1. The van der Waals surface area contributed by atoms with Crippen LogP contribution in [0.2, 0.25) is 0 Å².